The SMILES string of the molecule is NNc1ncc(F)c(Nc2ccc(F)c(F)c2)n1. The van der Waals surface area contributed by atoms with Crippen LogP contribution in [0.2, 0.25) is 0 Å². The van der Waals surface area contributed by atoms with Crippen LogP contribution in [-0.4, -0.2) is 9.97 Å². The van der Waals surface area contributed by atoms with E-state index in [1.54, 1.807) is 0 Å². The topological polar surface area (TPSA) is 75.9 Å². The van der Waals surface area contributed by atoms with Crippen molar-refractivity contribution in [3.8, 4) is 0 Å². The van der Waals surface area contributed by atoms with Crippen LogP contribution < -0.4 is 16.6 Å². The van der Waals surface area contributed by atoms with Crippen LogP contribution in [-0.2, 0) is 0 Å². The van der Waals surface area contributed by atoms with Crippen LogP contribution in [0, 0.1) is 17.5 Å². The molecule has 1 aromatic heterocycles. The fourth-order valence-electron chi connectivity index (χ4n) is 1.23. The van der Waals surface area contributed by atoms with Gasteiger partial charge in [0.15, 0.2) is 23.3 Å². The molecule has 8 heteroatoms. The molecule has 0 atom stereocenters. The molecule has 2 rings (SSSR count). The lowest BCUT2D eigenvalue weighted by Gasteiger charge is -2.07. The molecule has 0 saturated carbocycles. The van der Waals surface area contributed by atoms with Crippen molar-refractivity contribution in [1.29, 1.82) is 0 Å². The van der Waals surface area contributed by atoms with E-state index in [0.29, 0.717) is 0 Å². The second-order valence-electron chi connectivity index (χ2n) is 3.29. The lowest BCUT2D eigenvalue weighted by atomic mass is 10.3. The van der Waals surface area contributed by atoms with E-state index in [-0.39, 0.29) is 17.5 Å². The van der Waals surface area contributed by atoms with Crippen molar-refractivity contribution in [2.75, 3.05) is 10.7 Å². The molecular weight excluding hydrogens is 247 g/mol. The van der Waals surface area contributed by atoms with Crippen molar-refractivity contribution >= 4 is 17.5 Å². The van der Waals surface area contributed by atoms with E-state index in [0.717, 1.165) is 18.3 Å². The number of benzene rings is 1. The first-order chi connectivity index (χ1) is 8.60. The Bertz CT molecular complexity index is 575. The fraction of sp³-hybridized carbons (Fsp3) is 0. The van der Waals surface area contributed by atoms with Crippen LogP contribution in [0.4, 0.5) is 30.6 Å². The standard InChI is InChI=1S/C10H8F3N5/c11-6-2-1-5(3-7(6)12)16-9-8(13)4-15-10(17-9)18-14/h1-4H,14H2,(H2,15,16,17,18). The molecule has 0 bridgehead atoms. The molecule has 0 saturated heterocycles. The maximum atomic E-state index is 13.3. The summed E-state index contributed by atoms with van der Waals surface area (Å²) in [4.78, 5) is 7.22. The Morgan fingerprint density at radius 1 is 1.06 bits per heavy atom. The highest BCUT2D eigenvalue weighted by Crippen LogP contribution is 2.20. The summed E-state index contributed by atoms with van der Waals surface area (Å²) >= 11 is 0. The number of nitrogens with zero attached hydrogens (tertiary/aromatic N) is 2. The van der Waals surface area contributed by atoms with Crippen molar-refractivity contribution in [1.82, 2.24) is 9.97 Å². The summed E-state index contributed by atoms with van der Waals surface area (Å²) in [6.45, 7) is 0. The first-order valence-corrected chi connectivity index (χ1v) is 4.81. The molecule has 2 aromatic rings. The molecule has 1 aromatic carbocycles. The summed E-state index contributed by atoms with van der Waals surface area (Å²) in [5.74, 6) is 2.06. The number of hydrogen-bond acceptors (Lipinski definition) is 5. The van der Waals surface area contributed by atoms with Gasteiger partial charge in [0.2, 0.25) is 5.95 Å². The first-order valence-electron chi connectivity index (χ1n) is 4.81. The number of hydrazine groups is 1. The molecular formula is C10H8F3N5. The van der Waals surface area contributed by atoms with Gasteiger partial charge < -0.3 is 5.32 Å². The number of hydrogen-bond donors (Lipinski definition) is 3. The average Bonchev–Trinajstić information content (AvgIpc) is 2.36. The predicted molar refractivity (Wildman–Crippen MR) is 59.4 cm³/mol. The Hall–Kier alpha value is -2.35. The van der Waals surface area contributed by atoms with Crippen molar-refractivity contribution in [2.45, 2.75) is 0 Å². The Kier molecular flexibility index (Phi) is 3.28. The molecule has 0 aliphatic rings. The maximum Gasteiger partial charge on any atom is 0.239 e. The fourth-order valence-corrected chi connectivity index (χ4v) is 1.23. The molecule has 0 spiro atoms. The molecule has 5 nitrogen and oxygen atoms in total. The summed E-state index contributed by atoms with van der Waals surface area (Å²) in [6, 6.07) is 3.04. The normalized spacial score (nSPS) is 10.2. The molecule has 0 fully saturated rings. The number of rotatable bonds is 3. The third-order valence-corrected chi connectivity index (χ3v) is 2.06. The van der Waals surface area contributed by atoms with Crippen molar-refractivity contribution in [3.63, 3.8) is 0 Å². The number of nitrogens with one attached hydrogen (secondary N) is 2. The van der Waals surface area contributed by atoms with Gasteiger partial charge in [-0.25, -0.2) is 24.0 Å². The monoisotopic (exact) mass is 255 g/mol. The highest BCUT2D eigenvalue weighted by molar-refractivity contribution is 5.57. The minimum absolute atomic E-state index is 0.0125. The Labute approximate surface area is 99.8 Å². The van der Waals surface area contributed by atoms with Gasteiger partial charge in [-0.05, 0) is 12.1 Å². The van der Waals surface area contributed by atoms with Gasteiger partial charge in [-0.2, -0.15) is 4.98 Å². The van der Waals surface area contributed by atoms with Gasteiger partial charge in [0, 0.05) is 11.8 Å². The Balaban J connectivity index is 2.30. The quantitative estimate of drug-likeness (QED) is 0.577. The van der Waals surface area contributed by atoms with Crippen molar-refractivity contribution in [3.05, 3.63) is 41.8 Å². The zero-order valence-corrected chi connectivity index (χ0v) is 8.92. The van der Waals surface area contributed by atoms with Gasteiger partial charge in [-0.15, -0.1) is 0 Å². The first kappa shape index (κ1) is 12.1. The van der Waals surface area contributed by atoms with E-state index in [1.807, 2.05) is 0 Å². The van der Waals surface area contributed by atoms with Gasteiger partial charge in [-0.3, -0.25) is 5.43 Å². The lowest BCUT2D eigenvalue weighted by molar-refractivity contribution is 0.509. The van der Waals surface area contributed by atoms with E-state index in [4.69, 9.17) is 5.84 Å². The second-order valence-corrected chi connectivity index (χ2v) is 3.29. The van der Waals surface area contributed by atoms with Gasteiger partial charge in [0.1, 0.15) is 0 Å². The van der Waals surface area contributed by atoms with E-state index in [9.17, 15) is 13.2 Å². The summed E-state index contributed by atoms with van der Waals surface area (Å²) in [5.41, 5.74) is 2.29. The minimum atomic E-state index is -1.05. The van der Waals surface area contributed by atoms with Gasteiger partial charge in [-0.1, -0.05) is 0 Å². The predicted octanol–water partition coefficient (Wildman–Crippen LogP) is 1.92. The Morgan fingerprint density at radius 3 is 2.50 bits per heavy atom. The molecule has 0 unspecified atom stereocenters. The maximum absolute atomic E-state index is 13.3. The summed E-state index contributed by atoms with van der Waals surface area (Å²) in [5, 5.41) is 2.49. The van der Waals surface area contributed by atoms with Crippen LogP contribution in [0.25, 0.3) is 0 Å². The number of halogens is 3. The molecule has 0 aliphatic carbocycles. The van der Waals surface area contributed by atoms with Crippen LogP contribution in [0.5, 0.6) is 0 Å². The van der Waals surface area contributed by atoms with Crippen LogP contribution in [0.3, 0.4) is 0 Å². The molecule has 4 N–H and O–H groups in total. The van der Waals surface area contributed by atoms with Gasteiger partial charge >= 0.3 is 0 Å². The summed E-state index contributed by atoms with van der Waals surface area (Å²) < 4.78 is 39.0. The third-order valence-electron chi connectivity index (χ3n) is 2.06. The lowest BCUT2D eigenvalue weighted by Crippen LogP contribution is -2.12. The summed E-state index contributed by atoms with van der Waals surface area (Å²) in [6.07, 6.45) is 0.893. The number of nitrogens with two attached hydrogens (primary N) is 1. The zero-order chi connectivity index (χ0) is 13.1. The van der Waals surface area contributed by atoms with Crippen LogP contribution >= 0.6 is 0 Å². The van der Waals surface area contributed by atoms with Gasteiger partial charge in [0.25, 0.3) is 0 Å². The molecule has 0 aliphatic heterocycles. The van der Waals surface area contributed by atoms with E-state index in [2.05, 4.69) is 20.7 Å². The average molecular weight is 255 g/mol. The van der Waals surface area contributed by atoms with E-state index in [1.165, 1.54) is 6.07 Å². The molecule has 0 amide bonds. The summed E-state index contributed by atoms with van der Waals surface area (Å²) in [7, 11) is 0. The third kappa shape index (κ3) is 2.48. The molecule has 94 valence electrons. The number of nitrogen functional groups attached to an aromatic ring is 1. The molecule has 18 heavy (non-hydrogen) atoms. The Morgan fingerprint density at radius 2 is 1.83 bits per heavy atom. The minimum Gasteiger partial charge on any atom is -0.338 e. The molecule has 1 heterocycles. The number of anilines is 3. The highest BCUT2D eigenvalue weighted by Gasteiger charge is 2.08. The van der Waals surface area contributed by atoms with E-state index >= 15 is 0 Å². The van der Waals surface area contributed by atoms with Gasteiger partial charge in [0.05, 0.1) is 6.20 Å². The van der Waals surface area contributed by atoms with Crippen molar-refractivity contribution in [2.24, 2.45) is 5.84 Å². The van der Waals surface area contributed by atoms with Crippen LogP contribution in [0.1, 0.15) is 0 Å². The molecule has 0 radical (unpaired) electrons. The van der Waals surface area contributed by atoms with E-state index < -0.39 is 17.5 Å². The van der Waals surface area contributed by atoms with Crippen LogP contribution in [0.15, 0.2) is 24.4 Å². The zero-order valence-electron chi connectivity index (χ0n) is 8.92. The highest BCUT2D eigenvalue weighted by atomic mass is 19.2. The largest absolute Gasteiger partial charge is 0.338 e. The smallest absolute Gasteiger partial charge is 0.239 e. The number of aromatic nitrogens is 2. The second kappa shape index (κ2) is 4.88. The van der Waals surface area contributed by atoms with Crippen molar-refractivity contribution < 1.29 is 13.2 Å².